The van der Waals surface area contributed by atoms with Crippen LogP contribution < -0.4 is 0 Å². The van der Waals surface area contributed by atoms with Crippen LogP contribution in [0.15, 0.2) is 22.7 Å². The van der Waals surface area contributed by atoms with Crippen molar-refractivity contribution in [1.29, 1.82) is 0 Å². The average molecular weight is 453 g/mol. The Morgan fingerprint density at radius 3 is 2.79 bits per heavy atom. The molecule has 0 aliphatic rings. The molecular weight excluding hydrogens is 435 g/mol. The van der Waals surface area contributed by atoms with Crippen molar-refractivity contribution in [1.82, 2.24) is 9.78 Å². The number of rotatable bonds is 5. The first kappa shape index (κ1) is 15.5. The highest BCUT2D eigenvalue weighted by molar-refractivity contribution is 14.1. The Balaban J connectivity index is 2.07. The molecular formula is C13H18BrIN2OSi. The molecule has 104 valence electrons. The summed E-state index contributed by atoms with van der Waals surface area (Å²) < 4.78 is 9.80. The lowest BCUT2D eigenvalue weighted by molar-refractivity contribution is 0.0814. The molecule has 19 heavy (non-hydrogen) atoms. The first-order valence-corrected chi connectivity index (χ1v) is 11.8. The molecule has 0 fully saturated rings. The number of fused-ring (bicyclic) bond motifs is 1. The number of ether oxygens (including phenoxy) is 1. The molecule has 0 unspecified atom stereocenters. The van der Waals surface area contributed by atoms with Crippen molar-refractivity contribution >= 4 is 57.5 Å². The van der Waals surface area contributed by atoms with E-state index in [0.717, 1.165) is 20.3 Å². The maximum atomic E-state index is 5.77. The SMILES string of the molecule is C[Si](C)(C)CCOCn1nc(I)c2ccc(Br)cc21. The van der Waals surface area contributed by atoms with Gasteiger partial charge in [-0.1, -0.05) is 35.6 Å². The van der Waals surface area contributed by atoms with Crippen LogP contribution in [-0.4, -0.2) is 24.5 Å². The number of aromatic nitrogens is 2. The zero-order chi connectivity index (χ0) is 14.0. The summed E-state index contributed by atoms with van der Waals surface area (Å²) in [6.07, 6.45) is 0. The molecule has 1 heterocycles. The lowest BCUT2D eigenvalue weighted by atomic mass is 10.3. The number of halogens is 2. The zero-order valence-corrected chi connectivity index (χ0v) is 16.2. The predicted octanol–water partition coefficient (Wildman–Crippen LogP) is 4.72. The molecule has 3 nitrogen and oxygen atoms in total. The number of benzene rings is 1. The third-order valence-electron chi connectivity index (χ3n) is 2.88. The largest absolute Gasteiger partial charge is 0.360 e. The third-order valence-corrected chi connectivity index (χ3v) is 5.87. The Morgan fingerprint density at radius 2 is 2.11 bits per heavy atom. The van der Waals surface area contributed by atoms with Gasteiger partial charge in [0.05, 0.1) is 5.52 Å². The van der Waals surface area contributed by atoms with Crippen LogP contribution in [-0.2, 0) is 11.5 Å². The maximum absolute atomic E-state index is 5.77. The topological polar surface area (TPSA) is 27.1 Å². The van der Waals surface area contributed by atoms with Crippen LogP contribution >= 0.6 is 38.5 Å². The molecule has 0 radical (unpaired) electrons. The van der Waals surface area contributed by atoms with Gasteiger partial charge < -0.3 is 4.74 Å². The van der Waals surface area contributed by atoms with E-state index in [-0.39, 0.29) is 0 Å². The first-order valence-electron chi connectivity index (χ1n) is 6.26. The van der Waals surface area contributed by atoms with Gasteiger partial charge in [0.2, 0.25) is 0 Å². The molecule has 0 saturated carbocycles. The van der Waals surface area contributed by atoms with Crippen molar-refractivity contribution in [2.45, 2.75) is 32.4 Å². The summed E-state index contributed by atoms with van der Waals surface area (Å²) in [6, 6.07) is 7.41. The van der Waals surface area contributed by atoms with E-state index in [1.165, 1.54) is 11.4 Å². The minimum absolute atomic E-state index is 0.528. The standard InChI is InChI=1S/C13H18BrIN2OSi/c1-19(2,3)7-6-18-9-17-12-8-10(14)4-5-11(12)13(15)16-17/h4-5,8H,6-7,9H2,1-3H3. The van der Waals surface area contributed by atoms with E-state index in [4.69, 9.17) is 4.74 Å². The van der Waals surface area contributed by atoms with E-state index in [2.05, 4.69) is 75.4 Å². The minimum atomic E-state index is -1.02. The smallest absolute Gasteiger partial charge is 0.140 e. The first-order chi connectivity index (χ1) is 8.87. The average Bonchev–Trinajstić information content (AvgIpc) is 2.60. The van der Waals surface area contributed by atoms with E-state index in [1.54, 1.807) is 0 Å². The quantitative estimate of drug-likeness (QED) is 0.373. The summed E-state index contributed by atoms with van der Waals surface area (Å²) >= 11 is 5.77. The van der Waals surface area contributed by atoms with E-state index in [1.807, 2.05) is 10.7 Å². The second-order valence-corrected chi connectivity index (χ2v) is 13.4. The minimum Gasteiger partial charge on any atom is -0.360 e. The Labute approximate surface area is 137 Å². The highest BCUT2D eigenvalue weighted by Crippen LogP contribution is 2.24. The zero-order valence-electron chi connectivity index (χ0n) is 11.4. The monoisotopic (exact) mass is 452 g/mol. The summed E-state index contributed by atoms with van der Waals surface area (Å²) in [5.74, 6) is 0. The van der Waals surface area contributed by atoms with Gasteiger partial charge in [-0.2, -0.15) is 5.10 Å². The Kier molecular flexibility index (Phi) is 5.08. The molecule has 0 aliphatic carbocycles. The van der Waals surface area contributed by atoms with E-state index in [9.17, 15) is 0 Å². The van der Waals surface area contributed by atoms with Crippen LogP contribution in [0.3, 0.4) is 0 Å². The molecule has 0 amide bonds. The Morgan fingerprint density at radius 1 is 1.37 bits per heavy atom. The fourth-order valence-corrected chi connectivity index (χ4v) is 3.56. The summed E-state index contributed by atoms with van der Waals surface area (Å²) in [5, 5.41) is 5.71. The van der Waals surface area contributed by atoms with E-state index < -0.39 is 8.07 Å². The number of hydrogen-bond donors (Lipinski definition) is 0. The van der Waals surface area contributed by atoms with Crippen molar-refractivity contribution in [3.63, 3.8) is 0 Å². The van der Waals surface area contributed by atoms with Gasteiger partial charge in [0.1, 0.15) is 10.4 Å². The Bertz CT molecular complexity index is 580. The fourth-order valence-electron chi connectivity index (χ4n) is 1.73. The van der Waals surface area contributed by atoms with Crippen molar-refractivity contribution in [3.8, 4) is 0 Å². The van der Waals surface area contributed by atoms with Gasteiger partial charge in [0.15, 0.2) is 0 Å². The van der Waals surface area contributed by atoms with Crippen molar-refractivity contribution < 1.29 is 4.74 Å². The van der Waals surface area contributed by atoms with Crippen LogP contribution in [0.1, 0.15) is 0 Å². The van der Waals surface area contributed by atoms with Gasteiger partial charge in [-0.05, 0) is 46.8 Å². The van der Waals surface area contributed by atoms with Gasteiger partial charge in [-0.15, -0.1) is 0 Å². The molecule has 0 aliphatic heterocycles. The fraction of sp³-hybridized carbons (Fsp3) is 0.462. The highest BCUT2D eigenvalue weighted by Gasteiger charge is 2.13. The van der Waals surface area contributed by atoms with Crippen LogP contribution in [0, 0.1) is 3.70 Å². The van der Waals surface area contributed by atoms with E-state index >= 15 is 0 Å². The summed E-state index contributed by atoms with van der Waals surface area (Å²) in [7, 11) is -1.02. The van der Waals surface area contributed by atoms with Gasteiger partial charge in [0, 0.05) is 24.5 Å². The van der Waals surface area contributed by atoms with Crippen LogP contribution in [0.4, 0.5) is 0 Å². The second-order valence-electron chi connectivity index (χ2n) is 5.80. The van der Waals surface area contributed by atoms with Crippen LogP contribution in [0.25, 0.3) is 10.9 Å². The molecule has 1 aromatic heterocycles. The molecule has 2 aromatic rings. The maximum Gasteiger partial charge on any atom is 0.140 e. The molecule has 0 spiro atoms. The predicted molar refractivity (Wildman–Crippen MR) is 94.3 cm³/mol. The lowest BCUT2D eigenvalue weighted by Crippen LogP contribution is -2.22. The number of hydrogen-bond acceptors (Lipinski definition) is 2. The molecule has 0 atom stereocenters. The number of nitrogens with zero attached hydrogens (tertiary/aromatic N) is 2. The molecule has 0 bridgehead atoms. The highest BCUT2D eigenvalue weighted by atomic mass is 127. The van der Waals surface area contributed by atoms with Crippen LogP contribution in [0.2, 0.25) is 25.7 Å². The summed E-state index contributed by atoms with van der Waals surface area (Å²) in [4.78, 5) is 0. The lowest BCUT2D eigenvalue weighted by Gasteiger charge is -2.15. The third kappa shape index (κ3) is 4.27. The molecule has 0 N–H and O–H groups in total. The van der Waals surface area contributed by atoms with E-state index in [0.29, 0.717) is 6.73 Å². The van der Waals surface area contributed by atoms with Crippen molar-refractivity contribution in [2.75, 3.05) is 6.61 Å². The molecule has 0 saturated heterocycles. The molecule has 6 heteroatoms. The van der Waals surface area contributed by atoms with Crippen molar-refractivity contribution in [2.24, 2.45) is 0 Å². The molecule has 1 aromatic carbocycles. The summed E-state index contributed by atoms with van der Waals surface area (Å²) in [6.45, 7) is 8.43. The van der Waals surface area contributed by atoms with Gasteiger partial charge in [-0.25, -0.2) is 4.68 Å². The normalized spacial score (nSPS) is 12.3. The second kappa shape index (κ2) is 6.24. The Hall–Kier alpha value is 0.0769. The van der Waals surface area contributed by atoms with Crippen molar-refractivity contribution in [3.05, 3.63) is 26.4 Å². The van der Waals surface area contributed by atoms with Gasteiger partial charge >= 0.3 is 0 Å². The van der Waals surface area contributed by atoms with Gasteiger partial charge in [-0.3, -0.25) is 0 Å². The van der Waals surface area contributed by atoms with Crippen LogP contribution in [0.5, 0.6) is 0 Å². The van der Waals surface area contributed by atoms with Gasteiger partial charge in [0.25, 0.3) is 0 Å². The summed E-state index contributed by atoms with van der Waals surface area (Å²) in [5.41, 5.74) is 1.12. The molecule has 2 rings (SSSR count).